The lowest BCUT2D eigenvalue weighted by Crippen LogP contribution is -2.11. The largest absolute Gasteiger partial charge is 0.478 e. The van der Waals surface area contributed by atoms with Crippen molar-refractivity contribution in [3.8, 4) is 0 Å². The smallest absolute Gasteiger partial charge is 0.330 e. The molecular formula is C21H42O11. The number of carboxylic acids is 2. The first-order chi connectivity index (χ1) is 15.1. The number of carboxylic acid groups (broad SMARTS) is 2. The molecule has 0 aliphatic rings. The third-order valence-corrected chi connectivity index (χ3v) is 2.82. The summed E-state index contributed by atoms with van der Waals surface area (Å²) < 4.78 is 15.0. The maximum absolute atomic E-state index is 9.60. The van der Waals surface area contributed by atoms with Crippen molar-refractivity contribution in [1.29, 1.82) is 0 Å². The van der Waals surface area contributed by atoms with Crippen LogP contribution in [0.25, 0.3) is 0 Å². The number of unbranched alkanes of at least 4 members (excludes halogenated alkanes) is 2. The zero-order valence-electron chi connectivity index (χ0n) is 19.3. The molecule has 0 amide bonds. The Kier molecular flexibility index (Phi) is 39.5. The number of carbonyl (C=O) groups is 2. The molecule has 0 atom stereocenters. The minimum atomic E-state index is -1.10. The number of aliphatic hydroxyl groups excluding tert-OH is 3. The van der Waals surface area contributed by atoms with Crippen molar-refractivity contribution in [1.82, 2.24) is 0 Å². The molecule has 0 heterocycles. The van der Waals surface area contributed by atoms with Gasteiger partial charge in [-0.25, -0.2) is 9.59 Å². The summed E-state index contributed by atoms with van der Waals surface area (Å²) in [4.78, 5) is 18.8. The van der Waals surface area contributed by atoms with E-state index >= 15 is 0 Å². The summed E-state index contributed by atoms with van der Waals surface area (Å²) in [6.07, 6.45) is 3.41. The Morgan fingerprint density at radius 3 is 1.44 bits per heavy atom. The van der Waals surface area contributed by atoms with Gasteiger partial charge in [0, 0.05) is 11.6 Å². The molecule has 0 aromatic heterocycles. The Morgan fingerprint density at radius 1 is 0.875 bits per heavy atom. The monoisotopic (exact) mass is 470 g/mol. The van der Waals surface area contributed by atoms with Crippen molar-refractivity contribution >= 4 is 11.9 Å². The van der Waals surface area contributed by atoms with Crippen LogP contribution in [0.2, 0.25) is 0 Å². The Hall–Kier alpha value is -1.86. The van der Waals surface area contributed by atoms with Crippen LogP contribution in [0.3, 0.4) is 0 Å². The molecule has 0 rings (SSSR count). The van der Waals surface area contributed by atoms with E-state index in [0.717, 1.165) is 25.3 Å². The molecule has 0 fully saturated rings. The van der Waals surface area contributed by atoms with Crippen LogP contribution < -0.4 is 0 Å². The first-order valence-corrected chi connectivity index (χ1v) is 10.2. The quantitative estimate of drug-likeness (QED) is 0.107. The number of aliphatic carboxylic acids is 2. The van der Waals surface area contributed by atoms with E-state index in [1.807, 2.05) is 0 Å². The Labute approximate surface area is 190 Å². The van der Waals surface area contributed by atoms with Gasteiger partial charge < -0.3 is 44.8 Å². The second-order valence-corrected chi connectivity index (χ2v) is 5.89. The van der Waals surface area contributed by atoms with Gasteiger partial charge in [0.05, 0.1) is 52.9 Å². The first-order valence-electron chi connectivity index (χ1n) is 10.2. The lowest BCUT2D eigenvalue weighted by molar-refractivity contribution is -0.133. The van der Waals surface area contributed by atoms with Gasteiger partial charge in [0.25, 0.3) is 0 Å². The third kappa shape index (κ3) is 56.6. The van der Waals surface area contributed by atoms with Gasteiger partial charge in [-0.2, -0.15) is 0 Å². The minimum Gasteiger partial charge on any atom is -0.478 e. The van der Waals surface area contributed by atoms with Crippen molar-refractivity contribution in [2.45, 2.75) is 45.8 Å². The summed E-state index contributed by atoms with van der Waals surface area (Å²) in [5.41, 5.74) is 0.176. The fraction of sp³-hybridized carbons (Fsp3) is 0.714. The third-order valence-electron chi connectivity index (χ3n) is 2.82. The average molecular weight is 471 g/mol. The highest BCUT2D eigenvalue weighted by atomic mass is 16.5. The van der Waals surface area contributed by atoms with Crippen LogP contribution in [0.1, 0.15) is 39.5 Å². The number of hydrogen-bond acceptors (Lipinski definition) is 9. The van der Waals surface area contributed by atoms with Gasteiger partial charge >= 0.3 is 11.9 Å². The van der Waals surface area contributed by atoms with Crippen molar-refractivity contribution in [2.75, 3.05) is 52.9 Å². The van der Waals surface area contributed by atoms with Crippen molar-refractivity contribution < 1.29 is 54.4 Å². The predicted octanol–water partition coefficient (Wildman–Crippen LogP) is 0.802. The van der Waals surface area contributed by atoms with E-state index in [1.165, 1.54) is 6.92 Å². The molecule has 0 aromatic carbocycles. The van der Waals surface area contributed by atoms with Crippen LogP contribution in [-0.4, -0.2) is 102 Å². The lowest BCUT2D eigenvalue weighted by Gasteiger charge is -2.04. The van der Waals surface area contributed by atoms with Gasteiger partial charge in [-0.1, -0.05) is 32.9 Å². The maximum Gasteiger partial charge on any atom is 0.330 e. The molecule has 0 aliphatic carbocycles. The van der Waals surface area contributed by atoms with Crippen LogP contribution in [0.4, 0.5) is 0 Å². The highest BCUT2D eigenvalue weighted by molar-refractivity contribution is 5.84. The highest BCUT2D eigenvalue weighted by Gasteiger charge is 1.94. The molecule has 11 heteroatoms. The Balaban J connectivity index is -0.000000177. The fourth-order valence-electron chi connectivity index (χ4n) is 1.25. The molecule has 0 saturated carbocycles. The van der Waals surface area contributed by atoms with Crippen molar-refractivity contribution in [2.24, 2.45) is 0 Å². The van der Waals surface area contributed by atoms with Gasteiger partial charge in [0.1, 0.15) is 0 Å². The predicted molar refractivity (Wildman–Crippen MR) is 119 cm³/mol. The first kappa shape index (κ1) is 37.5. The molecule has 0 saturated heterocycles. The topological polar surface area (TPSA) is 183 Å². The zero-order chi connectivity index (χ0) is 25.6. The summed E-state index contributed by atoms with van der Waals surface area (Å²) in [5, 5.41) is 48.9. The number of rotatable bonds is 16. The number of aliphatic hydroxyl groups is 4. The molecule has 6 N–H and O–H groups in total. The van der Waals surface area contributed by atoms with E-state index in [-0.39, 0.29) is 18.8 Å². The van der Waals surface area contributed by atoms with E-state index in [2.05, 4.69) is 20.1 Å². The lowest BCUT2D eigenvalue weighted by atomic mass is 10.2. The molecule has 192 valence electrons. The van der Waals surface area contributed by atoms with E-state index in [9.17, 15) is 9.59 Å². The van der Waals surface area contributed by atoms with E-state index in [1.54, 1.807) is 0 Å². The summed E-state index contributed by atoms with van der Waals surface area (Å²) in [6, 6.07) is 0. The van der Waals surface area contributed by atoms with Gasteiger partial charge in [-0.3, -0.25) is 0 Å². The summed E-state index contributed by atoms with van der Waals surface area (Å²) in [7, 11) is 0. The molecule has 0 aromatic rings. The van der Waals surface area contributed by atoms with Crippen LogP contribution in [0.5, 0.6) is 0 Å². The second kappa shape index (κ2) is 33.8. The second-order valence-electron chi connectivity index (χ2n) is 5.89. The number of ether oxygens (including phenoxy) is 3. The van der Waals surface area contributed by atoms with Crippen LogP contribution >= 0.6 is 0 Å². The van der Waals surface area contributed by atoms with Crippen LogP contribution in [0.15, 0.2) is 24.8 Å². The molecule has 32 heavy (non-hydrogen) atoms. The molecule has 0 spiro atoms. The SMILES string of the molecule is C=C(C)C(=O)O.C=CC(=O)O.CCCCCC(O)O.OCCOCCOCCOCCO. The van der Waals surface area contributed by atoms with Crippen LogP contribution in [-0.2, 0) is 23.8 Å². The summed E-state index contributed by atoms with van der Waals surface area (Å²) in [5.74, 6) is -1.92. The van der Waals surface area contributed by atoms with E-state index in [0.29, 0.717) is 46.1 Å². The molecule has 11 nitrogen and oxygen atoms in total. The standard InChI is InChI=1S/C8H18O5.C6H14O2.C4H6O2.C3H4O2/c9-1-3-11-5-7-13-8-6-12-4-2-10;1-2-3-4-5-6(7)8;1-3(2)4(5)6;1-2-3(4)5/h9-10H,1-8H2;6-8H,2-5H2,1H3;1H2,2H3,(H,5,6);2H,1H2,(H,4,5). The summed E-state index contributed by atoms with van der Waals surface area (Å²) >= 11 is 0. The Bertz CT molecular complexity index is 404. The van der Waals surface area contributed by atoms with Crippen LogP contribution in [0, 0.1) is 0 Å². The fourth-order valence-corrected chi connectivity index (χ4v) is 1.25. The van der Waals surface area contributed by atoms with Gasteiger partial charge in [0.15, 0.2) is 6.29 Å². The van der Waals surface area contributed by atoms with Gasteiger partial charge in [-0.05, 0) is 19.8 Å². The van der Waals surface area contributed by atoms with Gasteiger partial charge in [-0.15, -0.1) is 0 Å². The van der Waals surface area contributed by atoms with E-state index in [4.69, 9.17) is 44.8 Å². The number of hydrogen-bond donors (Lipinski definition) is 6. The Morgan fingerprint density at radius 2 is 1.22 bits per heavy atom. The molecular weight excluding hydrogens is 428 g/mol. The van der Waals surface area contributed by atoms with E-state index < -0.39 is 18.2 Å². The zero-order valence-corrected chi connectivity index (χ0v) is 19.3. The molecule has 0 radical (unpaired) electrons. The maximum atomic E-state index is 9.60. The van der Waals surface area contributed by atoms with Crippen molar-refractivity contribution in [3.05, 3.63) is 24.8 Å². The average Bonchev–Trinajstić information content (AvgIpc) is 2.74. The molecule has 0 bridgehead atoms. The minimum absolute atomic E-state index is 0.0413. The van der Waals surface area contributed by atoms with Gasteiger partial charge in [0.2, 0.25) is 0 Å². The molecule has 0 unspecified atom stereocenters. The van der Waals surface area contributed by atoms with Crippen molar-refractivity contribution in [3.63, 3.8) is 0 Å². The molecule has 0 aliphatic heterocycles. The normalized spacial score (nSPS) is 9.34. The highest BCUT2D eigenvalue weighted by Crippen LogP contribution is 1.99. The summed E-state index contributed by atoms with van der Waals surface area (Å²) in [6.45, 7) is 12.4.